The van der Waals surface area contributed by atoms with E-state index in [0.29, 0.717) is 6.54 Å². The van der Waals surface area contributed by atoms with Crippen molar-refractivity contribution >= 4 is 5.91 Å². The third-order valence-corrected chi connectivity index (χ3v) is 3.85. The molecule has 122 valence electrons. The number of benzene rings is 1. The van der Waals surface area contributed by atoms with Crippen LogP contribution in [0, 0.1) is 13.8 Å². The molecule has 1 saturated heterocycles. The van der Waals surface area contributed by atoms with Crippen molar-refractivity contribution in [2.24, 2.45) is 0 Å². The molecule has 1 aliphatic heterocycles. The average Bonchev–Trinajstić information content (AvgIpc) is 2.52. The molecule has 1 aromatic carbocycles. The van der Waals surface area contributed by atoms with Gasteiger partial charge in [-0.15, -0.1) is 0 Å². The quantitative estimate of drug-likeness (QED) is 0.866. The Labute approximate surface area is 132 Å². The van der Waals surface area contributed by atoms with Crippen LogP contribution in [0.2, 0.25) is 0 Å². The lowest BCUT2D eigenvalue weighted by Gasteiger charge is -2.26. The minimum Gasteiger partial charge on any atom is -0.481 e. The Morgan fingerprint density at radius 2 is 2.09 bits per heavy atom. The van der Waals surface area contributed by atoms with Gasteiger partial charge in [0.15, 0.2) is 6.10 Å². The van der Waals surface area contributed by atoms with E-state index in [-0.39, 0.29) is 5.91 Å². The molecule has 2 rings (SSSR count). The second-order valence-electron chi connectivity index (χ2n) is 5.77. The summed E-state index contributed by atoms with van der Waals surface area (Å²) >= 11 is 0. The van der Waals surface area contributed by atoms with Gasteiger partial charge in [-0.3, -0.25) is 9.69 Å². The molecule has 5 nitrogen and oxygen atoms in total. The van der Waals surface area contributed by atoms with E-state index < -0.39 is 6.10 Å². The Morgan fingerprint density at radius 3 is 2.82 bits per heavy atom. The van der Waals surface area contributed by atoms with Gasteiger partial charge in [0.25, 0.3) is 5.91 Å². The molecule has 1 aromatic rings. The number of carbonyl (C=O) groups excluding carboxylic acids is 1. The fourth-order valence-electron chi connectivity index (χ4n) is 2.38. The van der Waals surface area contributed by atoms with Crippen molar-refractivity contribution in [1.82, 2.24) is 10.2 Å². The molecule has 1 aliphatic rings. The second kappa shape index (κ2) is 8.15. The van der Waals surface area contributed by atoms with Crippen molar-refractivity contribution in [2.45, 2.75) is 26.9 Å². The first kappa shape index (κ1) is 16.8. The third kappa shape index (κ3) is 5.00. The molecule has 1 unspecified atom stereocenters. The Balaban J connectivity index is 1.75. The van der Waals surface area contributed by atoms with Gasteiger partial charge in [0.05, 0.1) is 13.2 Å². The zero-order valence-corrected chi connectivity index (χ0v) is 13.7. The van der Waals surface area contributed by atoms with Gasteiger partial charge < -0.3 is 14.8 Å². The summed E-state index contributed by atoms with van der Waals surface area (Å²) in [5, 5.41) is 2.94. The van der Waals surface area contributed by atoms with Crippen LogP contribution < -0.4 is 10.1 Å². The molecule has 1 fully saturated rings. The summed E-state index contributed by atoms with van der Waals surface area (Å²) in [5.74, 6) is 0.699. The lowest BCUT2D eigenvalue weighted by molar-refractivity contribution is -0.127. The molecule has 0 spiro atoms. The first-order chi connectivity index (χ1) is 10.6. The minimum absolute atomic E-state index is 0.0748. The monoisotopic (exact) mass is 306 g/mol. The van der Waals surface area contributed by atoms with Gasteiger partial charge in [-0.05, 0) is 38.0 Å². The SMILES string of the molecule is Cc1ccc(C)c(OC(C)C(=O)NCCN2CCOCC2)c1. The maximum Gasteiger partial charge on any atom is 0.260 e. The average molecular weight is 306 g/mol. The zero-order chi connectivity index (χ0) is 15.9. The van der Waals surface area contributed by atoms with E-state index in [2.05, 4.69) is 10.2 Å². The van der Waals surface area contributed by atoms with Crippen molar-refractivity contribution in [3.8, 4) is 5.75 Å². The number of amides is 1. The van der Waals surface area contributed by atoms with Crippen LogP contribution in [0.1, 0.15) is 18.1 Å². The van der Waals surface area contributed by atoms with Gasteiger partial charge in [-0.1, -0.05) is 12.1 Å². The van der Waals surface area contributed by atoms with Crippen LogP contribution in [0.15, 0.2) is 18.2 Å². The van der Waals surface area contributed by atoms with E-state index in [1.165, 1.54) is 0 Å². The molecule has 5 heteroatoms. The summed E-state index contributed by atoms with van der Waals surface area (Å²) in [6.07, 6.45) is -0.495. The van der Waals surface area contributed by atoms with E-state index in [4.69, 9.17) is 9.47 Å². The predicted molar refractivity (Wildman–Crippen MR) is 86.3 cm³/mol. The molecule has 1 atom stereocenters. The third-order valence-electron chi connectivity index (χ3n) is 3.85. The molecule has 1 amide bonds. The first-order valence-corrected chi connectivity index (χ1v) is 7.88. The second-order valence-corrected chi connectivity index (χ2v) is 5.77. The van der Waals surface area contributed by atoms with Gasteiger partial charge in [0.2, 0.25) is 0 Å². The summed E-state index contributed by atoms with van der Waals surface area (Å²) in [6, 6.07) is 6.01. The van der Waals surface area contributed by atoms with Crippen LogP contribution in [0.4, 0.5) is 0 Å². The Bertz CT molecular complexity index is 499. The smallest absolute Gasteiger partial charge is 0.260 e. The molecular formula is C17H26N2O3. The highest BCUT2D eigenvalue weighted by atomic mass is 16.5. The summed E-state index contributed by atoms with van der Waals surface area (Å²) in [6.45, 7) is 10.7. The zero-order valence-electron chi connectivity index (χ0n) is 13.7. The summed E-state index contributed by atoms with van der Waals surface area (Å²) in [7, 11) is 0. The summed E-state index contributed by atoms with van der Waals surface area (Å²) in [5.41, 5.74) is 2.17. The number of nitrogens with zero attached hydrogens (tertiary/aromatic N) is 1. The highest BCUT2D eigenvalue weighted by Crippen LogP contribution is 2.20. The number of hydrogen-bond donors (Lipinski definition) is 1. The van der Waals surface area contributed by atoms with Crippen LogP contribution in [-0.2, 0) is 9.53 Å². The van der Waals surface area contributed by atoms with Crippen molar-refractivity contribution in [1.29, 1.82) is 0 Å². The Morgan fingerprint density at radius 1 is 1.36 bits per heavy atom. The van der Waals surface area contributed by atoms with E-state index in [1.54, 1.807) is 6.92 Å². The number of ether oxygens (including phenoxy) is 2. The van der Waals surface area contributed by atoms with Crippen LogP contribution in [-0.4, -0.2) is 56.3 Å². The normalized spacial score (nSPS) is 17.0. The predicted octanol–water partition coefficient (Wildman–Crippen LogP) is 1.52. The number of rotatable bonds is 6. The molecule has 0 aliphatic carbocycles. The number of aryl methyl sites for hydroxylation is 2. The topological polar surface area (TPSA) is 50.8 Å². The maximum atomic E-state index is 12.1. The lowest BCUT2D eigenvalue weighted by atomic mass is 10.1. The van der Waals surface area contributed by atoms with Gasteiger partial charge in [-0.2, -0.15) is 0 Å². The first-order valence-electron chi connectivity index (χ1n) is 7.88. The number of morpholine rings is 1. The molecular weight excluding hydrogens is 280 g/mol. The van der Waals surface area contributed by atoms with Gasteiger partial charge in [0, 0.05) is 26.2 Å². The minimum atomic E-state index is -0.495. The number of carbonyl (C=O) groups is 1. The standard InChI is InChI=1S/C17H26N2O3/c1-13-4-5-14(2)16(12-13)22-15(3)17(20)18-6-7-19-8-10-21-11-9-19/h4-5,12,15H,6-11H2,1-3H3,(H,18,20). The van der Waals surface area contributed by atoms with Crippen molar-refractivity contribution in [3.63, 3.8) is 0 Å². The largest absolute Gasteiger partial charge is 0.481 e. The highest BCUT2D eigenvalue weighted by molar-refractivity contribution is 5.80. The summed E-state index contributed by atoms with van der Waals surface area (Å²) < 4.78 is 11.1. The Hall–Kier alpha value is -1.59. The maximum absolute atomic E-state index is 12.1. The van der Waals surface area contributed by atoms with E-state index in [9.17, 15) is 4.79 Å². The molecule has 22 heavy (non-hydrogen) atoms. The fraction of sp³-hybridized carbons (Fsp3) is 0.588. The number of hydrogen-bond acceptors (Lipinski definition) is 4. The van der Waals surface area contributed by atoms with Gasteiger partial charge in [-0.25, -0.2) is 0 Å². The highest BCUT2D eigenvalue weighted by Gasteiger charge is 2.16. The molecule has 0 aromatic heterocycles. The van der Waals surface area contributed by atoms with Gasteiger partial charge >= 0.3 is 0 Å². The van der Waals surface area contributed by atoms with Crippen molar-refractivity contribution < 1.29 is 14.3 Å². The molecule has 0 bridgehead atoms. The Kier molecular flexibility index (Phi) is 6.21. The van der Waals surface area contributed by atoms with Crippen LogP contribution in [0.5, 0.6) is 5.75 Å². The van der Waals surface area contributed by atoms with Crippen molar-refractivity contribution in [2.75, 3.05) is 39.4 Å². The van der Waals surface area contributed by atoms with Crippen LogP contribution in [0.25, 0.3) is 0 Å². The molecule has 0 saturated carbocycles. The van der Waals surface area contributed by atoms with E-state index >= 15 is 0 Å². The van der Waals surface area contributed by atoms with Crippen molar-refractivity contribution in [3.05, 3.63) is 29.3 Å². The lowest BCUT2D eigenvalue weighted by Crippen LogP contribution is -2.43. The van der Waals surface area contributed by atoms with Crippen LogP contribution in [0.3, 0.4) is 0 Å². The van der Waals surface area contributed by atoms with E-state index in [1.807, 2.05) is 32.0 Å². The van der Waals surface area contributed by atoms with Gasteiger partial charge in [0.1, 0.15) is 5.75 Å². The number of nitrogens with one attached hydrogen (secondary N) is 1. The molecule has 0 radical (unpaired) electrons. The summed E-state index contributed by atoms with van der Waals surface area (Å²) in [4.78, 5) is 14.4. The van der Waals surface area contributed by atoms with E-state index in [0.717, 1.165) is 49.7 Å². The molecule has 1 N–H and O–H groups in total. The fourth-order valence-corrected chi connectivity index (χ4v) is 2.38. The van der Waals surface area contributed by atoms with Crippen LogP contribution >= 0.6 is 0 Å². The molecule has 1 heterocycles.